The number of aromatic nitrogens is 3. The first kappa shape index (κ1) is 14.1. The van der Waals surface area contributed by atoms with Crippen molar-refractivity contribution in [1.82, 2.24) is 14.8 Å². The van der Waals surface area contributed by atoms with Crippen LogP contribution in [0.1, 0.15) is 30.0 Å². The molecule has 1 aliphatic rings. The molecule has 2 heterocycles. The minimum atomic E-state index is -4.93. The second-order valence-corrected chi connectivity index (χ2v) is 6.44. The maximum absolute atomic E-state index is 13.9. The van der Waals surface area contributed by atoms with Crippen LogP contribution < -0.4 is 0 Å². The SMILES string of the molecule is O=S(=O)(c1nc2n(n1)[C@H](c1ccccc1)C[C@@H]2F)C(F)F. The second kappa shape index (κ2) is 4.83. The number of fused-ring (bicyclic) bond motifs is 1. The maximum Gasteiger partial charge on any atom is 0.344 e. The molecule has 0 spiro atoms. The molecule has 112 valence electrons. The van der Waals surface area contributed by atoms with Crippen LogP contribution in [0.4, 0.5) is 13.2 Å². The number of benzene rings is 1. The fourth-order valence-electron chi connectivity index (χ4n) is 2.31. The second-order valence-electron chi connectivity index (χ2n) is 4.63. The van der Waals surface area contributed by atoms with Crippen molar-refractivity contribution in [2.24, 2.45) is 0 Å². The van der Waals surface area contributed by atoms with Crippen molar-refractivity contribution in [1.29, 1.82) is 0 Å². The predicted octanol–water partition coefficient (Wildman–Crippen LogP) is 2.28. The Bertz CT molecular complexity index is 761. The lowest BCUT2D eigenvalue weighted by Gasteiger charge is -2.11. The van der Waals surface area contributed by atoms with Crippen molar-refractivity contribution in [2.75, 3.05) is 0 Å². The van der Waals surface area contributed by atoms with Gasteiger partial charge in [-0.1, -0.05) is 30.3 Å². The largest absolute Gasteiger partial charge is 0.344 e. The number of halogens is 3. The molecule has 0 amide bonds. The Morgan fingerprint density at radius 1 is 1.24 bits per heavy atom. The molecule has 0 saturated heterocycles. The van der Waals surface area contributed by atoms with Crippen molar-refractivity contribution >= 4 is 9.84 Å². The Morgan fingerprint density at radius 3 is 2.52 bits per heavy atom. The first-order valence-corrected chi connectivity index (χ1v) is 7.63. The maximum atomic E-state index is 13.9. The monoisotopic (exact) mass is 317 g/mol. The van der Waals surface area contributed by atoms with Crippen LogP contribution in [0.3, 0.4) is 0 Å². The van der Waals surface area contributed by atoms with Crippen LogP contribution in [0.2, 0.25) is 0 Å². The first-order valence-electron chi connectivity index (χ1n) is 6.08. The van der Waals surface area contributed by atoms with Crippen LogP contribution in [0.25, 0.3) is 0 Å². The van der Waals surface area contributed by atoms with Crippen molar-refractivity contribution in [3.05, 3.63) is 41.7 Å². The van der Waals surface area contributed by atoms with Gasteiger partial charge in [0.1, 0.15) is 0 Å². The zero-order valence-electron chi connectivity index (χ0n) is 10.5. The van der Waals surface area contributed by atoms with Gasteiger partial charge in [0.15, 0.2) is 12.0 Å². The molecule has 0 unspecified atom stereocenters. The van der Waals surface area contributed by atoms with E-state index in [0.717, 1.165) is 4.68 Å². The predicted molar refractivity (Wildman–Crippen MR) is 66.3 cm³/mol. The average molecular weight is 317 g/mol. The molecule has 2 atom stereocenters. The highest BCUT2D eigenvalue weighted by Gasteiger charge is 2.39. The van der Waals surface area contributed by atoms with E-state index >= 15 is 0 Å². The molecular weight excluding hydrogens is 307 g/mol. The van der Waals surface area contributed by atoms with Crippen LogP contribution in [0.5, 0.6) is 0 Å². The van der Waals surface area contributed by atoms with Crippen molar-refractivity contribution in [2.45, 2.75) is 29.5 Å². The third-order valence-corrected chi connectivity index (χ3v) is 4.47. The number of sulfone groups is 1. The Kier molecular flexibility index (Phi) is 3.23. The summed E-state index contributed by atoms with van der Waals surface area (Å²) in [5.41, 5.74) is 0.713. The molecule has 5 nitrogen and oxygen atoms in total. The summed E-state index contributed by atoms with van der Waals surface area (Å²) in [6.45, 7) is 0. The fraction of sp³-hybridized carbons (Fsp3) is 0.333. The topological polar surface area (TPSA) is 64.8 Å². The summed E-state index contributed by atoms with van der Waals surface area (Å²) in [5.74, 6) is -3.86. The molecule has 0 bridgehead atoms. The average Bonchev–Trinajstić information content (AvgIpc) is 3.01. The number of nitrogens with zero attached hydrogens (tertiary/aromatic N) is 3. The molecule has 0 fully saturated rings. The van der Waals surface area contributed by atoms with Gasteiger partial charge in [-0.05, 0) is 5.56 Å². The van der Waals surface area contributed by atoms with E-state index in [-0.39, 0.29) is 12.2 Å². The minimum Gasteiger partial charge on any atom is -0.239 e. The molecule has 1 aliphatic heterocycles. The quantitative estimate of drug-likeness (QED) is 0.871. The summed E-state index contributed by atoms with van der Waals surface area (Å²) in [6.07, 6.45) is -1.49. The minimum absolute atomic E-state index is 0.0500. The number of alkyl halides is 3. The number of hydrogen-bond acceptors (Lipinski definition) is 4. The van der Waals surface area contributed by atoms with Crippen molar-refractivity contribution in [3.63, 3.8) is 0 Å². The lowest BCUT2D eigenvalue weighted by Crippen LogP contribution is -2.15. The first-order chi connectivity index (χ1) is 9.91. The van der Waals surface area contributed by atoms with Crippen LogP contribution in [-0.2, 0) is 9.84 Å². The van der Waals surface area contributed by atoms with E-state index in [9.17, 15) is 21.6 Å². The molecule has 9 heteroatoms. The third kappa shape index (κ3) is 2.21. The summed E-state index contributed by atoms with van der Waals surface area (Å²) in [5, 5.41) is 2.56. The van der Waals surface area contributed by atoms with Gasteiger partial charge in [0.2, 0.25) is 0 Å². The molecule has 1 aromatic heterocycles. The Morgan fingerprint density at radius 2 is 1.90 bits per heavy atom. The van der Waals surface area contributed by atoms with Gasteiger partial charge < -0.3 is 0 Å². The molecule has 21 heavy (non-hydrogen) atoms. The Balaban J connectivity index is 2.07. The van der Waals surface area contributed by atoms with Crippen molar-refractivity contribution < 1.29 is 21.6 Å². The number of hydrogen-bond donors (Lipinski definition) is 0. The van der Waals surface area contributed by atoms with E-state index in [1.165, 1.54) is 0 Å². The molecule has 0 radical (unpaired) electrons. The smallest absolute Gasteiger partial charge is 0.239 e. The van der Waals surface area contributed by atoms with Gasteiger partial charge in [-0.25, -0.2) is 17.5 Å². The third-order valence-electron chi connectivity index (χ3n) is 3.32. The van der Waals surface area contributed by atoms with Crippen LogP contribution in [0.15, 0.2) is 35.5 Å². The molecular formula is C12H10F3N3O2S. The Labute approximate surface area is 118 Å². The molecule has 0 saturated carbocycles. The highest BCUT2D eigenvalue weighted by atomic mass is 32.2. The van der Waals surface area contributed by atoms with Gasteiger partial charge in [0.05, 0.1) is 6.04 Å². The molecule has 0 N–H and O–H groups in total. The summed E-state index contributed by atoms with van der Waals surface area (Å²) in [4.78, 5) is 3.45. The molecule has 3 rings (SSSR count). The Hall–Kier alpha value is -1.90. The van der Waals surface area contributed by atoms with Gasteiger partial charge in [-0.2, -0.15) is 13.8 Å². The molecule has 2 aromatic rings. The van der Waals surface area contributed by atoms with E-state index in [2.05, 4.69) is 10.1 Å². The lowest BCUT2D eigenvalue weighted by atomic mass is 10.0. The van der Waals surface area contributed by atoms with Gasteiger partial charge in [-0.15, -0.1) is 5.10 Å². The summed E-state index contributed by atoms with van der Waals surface area (Å²) in [6, 6.07) is 8.18. The van der Waals surface area contributed by atoms with Gasteiger partial charge in [0.25, 0.3) is 15.0 Å². The van der Waals surface area contributed by atoms with Crippen LogP contribution in [0, 0.1) is 0 Å². The fourth-order valence-corrected chi connectivity index (χ4v) is 2.89. The molecule has 0 aliphatic carbocycles. The zero-order valence-corrected chi connectivity index (χ0v) is 11.3. The van der Waals surface area contributed by atoms with E-state index < -0.39 is 33.0 Å². The van der Waals surface area contributed by atoms with Crippen LogP contribution >= 0.6 is 0 Å². The van der Waals surface area contributed by atoms with E-state index in [0.29, 0.717) is 5.56 Å². The summed E-state index contributed by atoms with van der Waals surface area (Å²) >= 11 is 0. The van der Waals surface area contributed by atoms with E-state index in [4.69, 9.17) is 0 Å². The normalized spacial score (nSPS) is 21.7. The molecule has 1 aromatic carbocycles. The highest BCUT2D eigenvalue weighted by Crippen LogP contribution is 2.39. The summed E-state index contributed by atoms with van der Waals surface area (Å²) < 4.78 is 62.8. The van der Waals surface area contributed by atoms with E-state index in [1.54, 1.807) is 30.3 Å². The lowest BCUT2D eigenvalue weighted by molar-refractivity contribution is 0.233. The summed E-state index contributed by atoms with van der Waals surface area (Å²) in [7, 11) is -4.93. The zero-order chi connectivity index (χ0) is 15.2. The standard InChI is InChI=1S/C12H10F3N3O2S/c13-8-6-9(7-4-2-1-3-5-7)18-10(8)16-12(17-18)21(19,20)11(14)15/h1-5,8-9,11H,6H2/t8-,9-/m0/s1. The van der Waals surface area contributed by atoms with Crippen molar-refractivity contribution in [3.8, 4) is 0 Å². The highest BCUT2D eigenvalue weighted by molar-refractivity contribution is 7.91. The van der Waals surface area contributed by atoms with Gasteiger partial charge >= 0.3 is 5.76 Å². The van der Waals surface area contributed by atoms with Crippen LogP contribution in [-0.4, -0.2) is 28.9 Å². The van der Waals surface area contributed by atoms with Gasteiger partial charge in [-0.3, -0.25) is 0 Å². The van der Waals surface area contributed by atoms with E-state index in [1.807, 2.05) is 0 Å². The van der Waals surface area contributed by atoms with Gasteiger partial charge in [0, 0.05) is 6.42 Å². The number of rotatable bonds is 3.